The van der Waals surface area contributed by atoms with Crippen LogP contribution in [0.3, 0.4) is 0 Å². The summed E-state index contributed by atoms with van der Waals surface area (Å²) in [5, 5.41) is 9.66. The molecule has 130 valence electrons. The van der Waals surface area contributed by atoms with Crippen LogP contribution in [0.4, 0.5) is 9.18 Å². The molecule has 3 rings (SSSR count). The fraction of sp³-hybridized carbons (Fsp3) is 0.500. The van der Waals surface area contributed by atoms with Gasteiger partial charge in [0.05, 0.1) is 19.0 Å². The fourth-order valence-electron chi connectivity index (χ4n) is 2.97. The van der Waals surface area contributed by atoms with Crippen molar-refractivity contribution in [1.82, 2.24) is 25.3 Å². The minimum Gasteiger partial charge on any atom is -0.467 e. The molecule has 2 atom stereocenters. The van der Waals surface area contributed by atoms with Gasteiger partial charge in [0.2, 0.25) is 0 Å². The number of hydrogen-bond acceptors (Lipinski definition) is 4. The zero-order valence-electron chi connectivity index (χ0n) is 13.6. The molecule has 1 aliphatic heterocycles. The van der Waals surface area contributed by atoms with Gasteiger partial charge in [-0.05, 0) is 18.6 Å². The number of urea groups is 1. The van der Waals surface area contributed by atoms with Crippen molar-refractivity contribution in [2.45, 2.75) is 31.7 Å². The highest BCUT2D eigenvalue weighted by Crippen LogP contribution is 2.22. The van der Waals surface area contributed by atoms with Gasteiger partial charge >= 0.3 is 6.03 Å². The Morgan fingerprint density at radius 3 is 3.08 bits per heavy atom. The maximum Gasteiger partial charge on any atom is 0.315 e. The Hall–Kier alpha value is -2.35. The summed E-state index contributed by atoms with van der Waals surface area (Å²) in [5.41, 5.74) is 1.04. The van der Waals surface area contributed by atoms with Gasteiger partial charge in [-0.15, -0.1) is 0 Å². The molecular weight excluding hydrogens is 313 g/mol. The molecule has 24 heavy (non-hydrogen) atoms. The van der Waals surface area contributed by atoms with E-state index in [2.05, 4.69) is 20.6 Å². The zero-order valence-corrected chi connectivity index (χ0v) is 13.6. The molecule has 3 heterocycles. The molecule has 2 aromatic rings. The number of halogens is 1. The van der Waals surface area contributed by atoms with E-state index in [1.165, 1.54) is 0 Å². The molecule has 1 fully saturated rings. The third-order valence-electron chi connectivity index (χ3n) is 4.12. The molecule has 1 aliphatic rings. The van der Waals surface area contributed by atoms with Crippen LogP contribution in [0, 0.1) is 0 Å². The Bertz CT molecular complexity index is 657. The SMILES string of the molecule is Cn1cc(CN2C[C@@H](F)C[C@H]2CNC(=O)NCc2ccco2)cn1. The summed E-state index contributed by atoms with van der Waals surface area (Å²) in [6.45, 7) is 1.75. The Balaban J connectivity index is 1.46. The van der Waals surface area contributed by atoms with Gasteiger partial charge in [0, 0.05) is 44.5 Å². The minimum atomic E-state index is -0.861. The molecule has 0 unspecified atom stereocenters. The maximum atomic E-state index is 13.8. The average Bonchev–Trinajstić information content (AvgIpc) is 3.26. The van der Waals surface area contributed by atoms with Crippen LogP contribution in [0.25, 0.3) is 0 Å². The van der Waals surface area contributed by atoms with E-state index in [-0.39, 0.29) is 12.1 Å². The van der Waals surface area contributed by atoms with Gasteiger partial charge in [0.25, 0.3) is 0 Å². The first kappa shape index (κ1) is 16.5. The molecule has 0 aromatic carbocycles. The number of carbonyl (C=O) groups is 1. The van der Waals surface area contributed by atoms with Crippen molar-refractivity contribution in [1.29, 1.82) is 0 Å². The topological polar surface area (TPSA) is 75.3 Å². The number of alkyl halides is 1. The largest absolute Gasteiger partial charge is 0.467 e. The van der Waals surface area contributed by atoms with Gasteiger partial charge in [-0.2, -0.15) is 5.10 Å². The molecule has 0 aliphatic carbocycles. The summed E-state index contributed by atoms with van der Waals surface area (Å²) in [5.74, 6) is 0.688. The highest BCUT2D eigenvalue weighted by Gasteiger charge is 2.32. The summed E-state index contributed by atoms with van der Waals surface area (Å²) < 4.78 is 20.7. The summed E-state index contributed by atoms with van der Waals surface area (Å²) in [6.07, 6.45) is 4.84. The highest BCUT2D eigenvalue weighted by molar-refractivity contribution is 5.73. The number of aromatic nitrogens is 2. The normalized spacial score (nSPS) is 21.1. The van der Waals surface area contributed by atoms with E-state index >= 15 is 0 Å². The van der Waals surface area contributed by atoms with Gasteiger partial charge in [-0.1, -0.05) is 0 Å². The second-order valence-corrected chi connectivity index (χ2v) is 6.08. The fourth-order valence-corrected chi connectivity index (χ4v) is 2.97. The van der Waals surface area contributed by atoms with E-state index in [0.29, 0.717) is 38.4 Å². The lowest BCUT2D eigenvalue weighted by Crippen LogP contribution is -2.43. The number of furan rings is 1. The predicted octanol–water partition coefficient (Wildman–Crippen LogP) is 1.42. The Morgan fingerprint density at radius 1 is 1.50 bits per heavy atom. The van der Waals surface area contributed by atoms with Crippen LogP contribution >= 0.6 is 0 Å². The Kier molecular flexibility index (Phi) is 5.14. The quantitative estimate of drug-likeness (QED) is 0.837. The van der Waals surface area contributed by atoms with E-state index in [9.17, 15) is 9.18 Å². The van der Waals surface area contributed by atoms with Gasteiger partial charge in [0.15, 0.2) is 0 Å². The van der Waals surface area contributed by atoms with Crippen molar-refractivity contribution in [3.63, 3.8) is 0 Å². The van der Waals surface area contributed by atoms with E-state index in [4.69, 9.17) is 4.42 Å². The van der Waals surface area contributed by atoms with Crippen molar-refractivity contribution in [2.75, 3.05) is 13.1 Å². The number of amides is 2. The number of likely N-dealkylation sites (tertiary alicyclic amines) is 1. The van der Waals surface area contributed by atoms with Gasteiger partial charge in [-0.25, -0.2) is 9.18 Å². The van der Waals surface area contributed by atoms with E-state index in [0.717, 1.165) is 5.56 Å². The van der Waals surface area contributed by atoms with Crippen molar-refractivity contribution < 1.29 is 13.6 Å². The van der Waals surface area contributed by atoms with Crippen molar-refractivity contribution >= 4 is 6.03 Å². The van der Waals surface area contributed by atoms with Crippen molar-refractivity contribution in [3.8, 4) is 0 Å². The molecule has 2 aromatic heterocycles. The monoisotopic (exact) mass is 335 g/mol. The third kappa shape index (κ3) is 4.35. The van der Waals surface area contributed by atoms with E-state index in [1.807, 2.05) is 13.2 Å². The lowest BCUT2D eigenvalue weighted by Gasteiger charge is -2.23. The third-order valence-corrected chi connectivity index (χ3v) is 4.12. The molecule has 0 radical (unpaired) electrons. The Morgan fingerprint density at radius 2 is 2.38 bits per heavy atom. The number of hydrogen-bond donors (Lipinski definition) is 2. The summed E-state index contributed by atoms with van der Waals surface area (Å²) in [7, 11) is 1.85. The van der Waals surface area contributed by atoms with Crippen molar-refractivity contribution in [3.05, 3.63) is 42.1 Å². The molecular formula is C16H22FN5O2. The van der Waals surface area contributed by atoms with Gasteiger partial charge in [0.1, 0.15) is 11.9 Å². The summed E-state index contributed by atoms with van der Waals surface area (Å²) in [4.78, 5) is 13.9. The number of nitrogens with one attached hydrogen (secondary N) is 2. The lowest BCUT2D eigenvalue weighted by molar-refractivity contribution is 0.218. The average molecular weight is 335 g/mol. The number of carbonyl (C=O) groups excluding carboxylic acids is 1. The van der Waals surface area contributed by atoms with Gasteiger partial charge < -0.3 is 15.1 Å². The van der Waals surface area contributed by atoms with Crippen LogP contribution in [-0.4, -0.2) is 46.0 Å². The predicted molar refractivity (Wildman–Crippen MR) is 85.9 cm³/mol. The van der Waals surface area contributed by atoms with Crippen LogP contribution in [-0.2, 0) is 20.1 Å². The number of aryl methyl sites for hydroxylation is 1. The molecule has 0 spiro atoms. The molecule has 0 saturated carbocycles. The zero-order chi connectivity index (χ0) is 16.9. The second kappa shape index (κ2) is 7.48. The summed E-state index contributed by atoms with van der Waals surface area (Å²) in [6, 6.07) is 3.26. The lowest BCUT2D eigenvalue weighted by atomic mass is 10.2. The molecule has 2 N–H and O–H groups in total. The Labute approximate surface area is 139 Å². The number of nitrogens with zero attached hydrogens (tertiary/aromatic N) is 3. The molecule has 8 heteroatoms. The first-order valence-electron chi connectivity index (χ1n) is 8.00. The molecule has 1 saturated heterocycles. The minimum absolute atomic E-state index is 0.0189. The molecule has 2 amide bonds. The van der Waals surface area contributed by atoms with E-state index in [1.54, 1.807) is 29.3 Å². The second-order valence-electron chi connectivity index (χ2n) is 6.08. The van der Waals surface area contributed by atoms with Crippen LogP contribution < -0.4 is 10.6 Å². The van der Waals surface area contributed by atoms with E-state index < -0.39 is 6.17 Å². The summed E-state index contributed by atoms with van der Waals surface area (Å²) >= 11 is 0. The standard InChI is InChI=1S/C16H22FN5O2/c1-21-9-12(6-20-21)10-22-11-13(17)5-14(22)7-18-16(23)19-8-15-3-2-4-24-15/h2-4,6,9,13-14H,5,7-8,10-11H2,1H3,(H2,18,19,23)/t13-,14-/m0/s1. The molecule has 7 nitrogen and oxygen atoms in total. The van der Waals surface area contributed by atoms with Crippen LogP contribution in [0.5, 0.6) is 0 Å². The van der Waals surface area contributed by atoms with Crippen LogP contribution in [0.1, 0.15) is 17.7 Å². The maximum absolute atomic E-state index is 13.8. The first-order valence-corrected chi connectivity index (χ1v) is 8.00. The smallest absolute Gasteiger partial charge is 0.315 e. The van der Waals surface area contributed by atoms with Crippen LogP contribution in [0.2, 0.25) is 0 Å². The number of rotatable bonds is 6. The van der Waals surface area contributed by atoms with Gasteiger partial charge in [-0.3, -0.25) is 9.58 Å². The first-order chi connectivity index (χ1) is 11.6. The molecule has 0 bridgehead atoms. The highest BCUT2D eigenvalue weighted by atomic mass is 19.1. The van der Waals surface area contributed by atoms with Crippen LogP contribution in [0.15, 0.2) is 35.2 Å². The van der Waals surface area contributed by atoms with Crippen molar-refractivity contribution in [2.24, 2.45) is 7.05 Å².